The van der Waals surface area contributed by atoms with Gasteiger partial charge in [0.15, 0.2) is 0 Å². The third-order valence-electron chi connectivity index (χ3n) is 1.67. The van der Waals surface area contributed by atoms with Gasteiger partial charge in [0.2, 0.25) is 0 Å². The van der Waals surface area contributed by atoms with E-state index in [1.807, 2.05) is 0 Å². The Kier molecular flexibility index (Phi) is 3.81. The molecule has 0 atom stereocenters. The molecule has 1 aromatic rings. The van der Waals surface area contributed by atoms with Crippen molar-refractivity contribution in [2.75, 3.05) is 20.3 Å². The van der Waals surface area contributed by atoms with Gasteiger partial charge in [-0.15, -0.1) is 5.10 Å². The predicted octanol–water partition coefficient (Wildman–Crippen LogP) is 0.487. The number of nitrogens with zero attached hydrogens (tertiary/aromatic N) is 4. The van der Waals surface area contributed by atoms with Crippen LogP contribution in [0.15, 0.2) is 24.8 Å². The second-order valence-corrected chi connectivity index (χ2v) is 2.76. The molecule has 0 saturated heterocycles. The molecule has 0 radical (unpaired) electrons. The predicted molar refractivity (Wildman–Crippen MR) is 50.5 cm³/mol. The van der Waals surface area contributed by atoms with Crippen LogP contribution in [0.3, 0.4) is 0 Å². The van der Waals surface area contributed by atoms with Gasteiger partial charge >= 0.3 is 0 Å². The number of rotatable bonds is 1. The van der Waals surface area contributed by atoms with E-state index >= 15 is 0 Å². The Morgan fingerprint density at radius 1 is 1.46 bits per heavy atom. The molecular weight excluding hydrogens is 166 g/mol. The zero-order valence-electron chi connectivity index (χ0n) is 8.01. The van der Waals surface area contributed by atoms with Crippen molar-refractivity contribution in [2.24, 2.45) is 0 Å². The summed E-state index contributed by atoms with van der Waals surface area (Å²) in [6, 6.07) is 0. The Morgan fingerprint density at radius 2 is 2.31 bits per heavy atom. The first-order chi connectivity index (χ1) is 6.33. The van der Waals surface area contributed by atoms with E-state index < -0.39 is 0 Å². The highest BCUT2D eigenvalue weighted by molar-refractivity contribution is 4.87. The minimum atomic E-state index is 1.05. The molecule has 5 nitrogen and oxygen atoms in total. The van der Waals surface area contributed by atoms with Crippen LogP contribution in [0.5, 0.6) is 0 Å². The van der Waals surface area contributed by atoms with E-state index in [1.54, 1.807) is 12.4 Å². The van der Waals surface area contributed by atoms with Crippen LogP contribution < -0.4 is 0 Å². The highest BCUT2D eigenvalue weighted by Gasteiger charge is 2.03. The number of aromatic nitrogens is 3. The van der Waals surface area contributed by atoms with E-state index in [1.165, 1.54) is 0 Å². The van der Waals surface area contributed by atoms with Gasteiger partial charge in [-0.2, -0.15) is 0 Å². The topological polar surface area (TPSA) is 48.0 Å². The molecule has 1 aliphatic rings. The number of H-pyrrole nitrogens is 1. The van der Waals surface area contributed by atoms with Crippen molar-refractivity contribution in [1.29, 1.82) is 0 Å². The summed E-state index contributed by atoms with van der Waals surface area (Å²) in [6.45, 7) is 4.32. The summed E-state index contributed by atoms with van der Waals surface area (Å²) in [5.74, 6) is 0. The van der Waals surface area contributed by atoms with Crippen molar-refractivity contribution in [2.45, 2.75) is 6.92 Å². The van der Waals surface area contributed by atoms with E-state index in [0.717, 1.165) is 13.2 Å². The van der Waals surface area contributed by atoms with E-state index in [4.69, 9.17) is 0 Å². The van der Waals surface area contributed by atoms with E-state index in [0.29, 0.717) is 0 Å². The van der Waals surface area contributed by atoms with Crippen LogP contribution in [0.2, 0.25) is 0 Å². The smallest absolute Gasteiger partial charge is 0.0890 e. The highest BCUT2D eigenvalue weighted by atomic mass is 15.3. The summed E-state index contributed by atoms with van der Waals surface area (Å²) < 4.78 is 0. The molecule has 0 aliphatic carbocycles. The number of aromatic amines is 1. The molecule has 0 spiro atoms. The van der Waals surface area contributed by atoms with Crippen LogP contribution in [0.25, 0.3) is 0 Å². The monoisotopic (exact) mass is 181 g/mol. The Morgan fingerprint density at radius 3 is 2.54 bits per heavy atom. The second kappa shape index (κ2) is 5.18. The Bertz CT molecular complexity index is 213. The van der Waals surface area contributed by atoms with Gasteiger partial charge in [-0.1, -0.05) is 5.21 Å². The summed E-state index contributed by atoms with van der Waals surface area (Å²) in [5, 5.41) is 9.26. The van der Waals surface area contributed by atoms with Gasteiger partial charge in [-0.3, -0.25) is 5.10 Å². The van der Waals surface area contributed by atoms with Gasteiger partial charge in [0.05, 0.1) is 12.9 Å². The zero-order valence-corrected chi connectivity index (χ0v) is 8.01. The van der Waals surface area contributed by atoms with E-state index in [2.05, 4.69) is 51.6 Å². The third kappa shape index (κ3) is 3.59. The van der Waals surface area contributed by atoms with Crippen molar-refractivity contribution >= 4 is 0 Å². The minimum absolute atomic E-state index is 1.05. The lowest BCUT2D eigenvalue weighted by Gasteiger charge is -2.14. The molecule has 0 amide bonds. The first-order valence-electron chi connectivity index (χ1n) is 4.26. The third-order valence-corrected chi connectivity index (χ3v) is 1.67. The van der Waals surface area contributed by atoms with E-state index in [9.17, 15) is 0 Å². The normalized spacial score (nSPS) is 14.3. The Hall–Kier alpha value is -1.52. The Labute approximate surface area is 78.0 Å². The second-order valence-electron chi connectivity index (χ2n) is 2.76. The number of hydrogen-bond donors (Lipinski definition) is 1. The maximum absolute atomic E-state index is 3.42. The molecule has 5 heteroatoms. The molecule has 0 bridgehead atoms. The lowest BCUT2D eigenvalue weighted by molar-refractivity contribution is 0.308. The van der Waals surface area contributed by atoms with Crippen LogP contribution in [-0.4, -0.2) is 45.5 Å². The summed E-state index contributed by atoms with van der Waals surface area (Å²) in [4.78, 5) is 4.41. The van der Waals surface area contributed by atoms with Crippen molar-refractivity contribution in [1.82, 2.24) is 25.2 Å². The molecule has 1 N–H and O–H groups in total. The largest absolute Gasteiger partial charge is 0.362 e. The molecule has 0 saturated carbocycles. The van der Waals surface area contributed by atoms with Crippen molar-refractivity contribution < 1.29 is 0 Å². The van der Waals surface area contributed by atoms with Crippen LogP contribution in [0, 0.1) is 0 Å². The molecule has 0 unspecified atom stereocenters. The summed E-state index contributed by atoms with van der Waals surface area (Å²) >= 11 is 0. The fourth-order valence-electron chi connectivity index (χ4n) is 0.961. The maximum Gasteiger partial charge on any atom is 0.0890 e. The fraction of sp³-hybridized carbons (Fsp3) is 0.500. The van der Waals surface area contributed by atoms with Gasteiger partial charge < -0.3 is 9.80 Å². The van der Waals surface area contributed by atoms with Gasteiger partial charge in [0.1, 0.15) is 0 Å². The average molecular weight is 181 g/mol. The van der Waals surface area contributed by atoms with Crippen molar-refractivity contribution in [3.05, 3.63) is 24.8 Å². The summed E-state index contributed by atoms with van der Waals surface area (Å²) in [5.41, 5.74) is 0. The standard InChI is InChI=1S/C6H12N2.C2H3N3/c1-3-8-5-4-7(2)6-8;1-2-4-5-3-1/h4-5H,3,6H2,1-2H3;1-2H,(H,3,4,5). The van der Waals surface area contributed by atoms with Crippen LogP contribution in [0.1, 0.15) is 6.92 Å². The number of nitrogens with one attached hydrogen (secondary N) is 1. The van der Waals surface area contributed by atoms with E-state index in [-0.39, 0.29) is 0 Å². The molecule has 2 rings (SSSR count). The van der Waals surface area contributed by atoms with Gasteiger partial charge in [-0.25, -0.2) is 0 Å². The first-order valence-corrected chi connectivity index (χ1v) is 4.26. The SMILES string of the molecule is CCN1C=CN(C)C1.c1c[nH]nn1. The molecule has 2 heterocycles. The molecule has 1 aromatic heterocycles. The molecule has 1 aliphatic heterocycles. The van der Waals surface area contributed by atoms with Crippen molar-refractivity contribution in [3.63, 3.8) is 0 Å². The summed E-state index contributed by atoms with van der Waals surface area (Å²) in [7, 11) is 2.08. The lowest BCUT2D eigenvalue weighted by atomic mass is 10.6. The average Bonchev–Trinajstić information content (AvgIpc) is 2.76. The fourth-order valence-corrected chi connectivity index (χ4v) is 0.961. The molecule has 13 heavy (non-hydrogen) atoms. The van der Waals surface area contributed by atoms with Crippen LogP contribution >= 0.6 is 0 Å². The van der Waals surface area contributed by atoms with Crippen LogP contribution in [0.4, 0.5) is 0 Å². The van der Waals surface area contributed by atoms with Gasteiger partial charge in [-0.05, 0) is 6.92 Å². The summed E-state index contributed by atoms with van der Waals surface area (Å²) in [6.07, 6.45) is 7.43. The maximum atomic E-state index is 3.42. The van der Waals surface area contributed by atoms with Crippen LogP contribution in [-0.2, 0) is 0 Å². The lowest BCUT2D eigenvalue weighted by Crippen LogP contribution is -2.21. The van der Waals surface area contributed by atoms with Crippen molar-refractivity contribution in [3.8, 4) is 0 Å². The van der Waals surface area contributed by atoms with Gasteiger partial charge in [0, 0.05) is 32.2 Å². The first kappa shape index (κ1) is 9.57. The Balaban J connectivity index is 0.000000145. The number of hydrogen-bond acceptors (Lipinski definition) is 4. The minimum Gasteiger partial charge on any atom is -0.362 e. The molecule has 0 aromatic carbocycles. The molecule has 0 fully saturated rings. The highest BCUT2D eigenvalue weighted by Crippen LogP contribution is 2.00. The molecule has 72 valence electrons. The zero-order chi connectivity index (χ0) is 9.52. The van der Waals surface area contributed by atoms with Gasteiger partial charge in [0.25, 0.3) is 0 Å². The quantitative estimate of drug-likeness (QED) is 0.685. The molecular formula is C8H15N5.